The standard InChI is InChI=1S/C17H15BrFN7OS/c18-12-6-4-11(5-7-12)9-21-23-16-24-25-17(26(16)20)28-10-15(27)22-14-3-1-2-13(19)8-14/h1-9H,10,20H2,(H,22,27)(H,23,24)/b21-9+. The molecule has 3 aromatic rings. The number of hydrazone groups is 1. The number of benzene rings is 2. The van der Waals surface area contributed by atoms with Gasteiger partial charge in [0.1, 0.15) is 5.82 Å². The summed E-state index contributed by atoms with van der Waals surface area (Å²) in [7, 11) is 0. The third kappa shape index (κ3) is 5.54. The highest BCUT2D eigenvalue weighted by molar-refractivity contribution is 9.10. The summed E-state index contributed by atoms with van der Waals surface area (Å²) < 4.78 is 15.3. The van der Waals surface area contributed by atoms with Crippen LogP contribution >= 0.6 is 27.7 Å². The van der Waals surface area contributed by atoms with E-state index in [1.807, 2.05) is 24.3 Å². The molecule has 11 heteroatoms. The normalized spacial score (nSPS) is 10.9. The van der Waals surface area contributed by atoms with Crippen molar-refractivity contribution in [3.05, 3.63) is 64.4 Å². The Kier molecular flexibility index (Phi) is 6.61. The lowest BCUT2D eigenvalue weighted by Gasteiger charge is -2.05. The van der Waals surface area contributed by atoms with E-state index in [-0.39, 0.29) is 17.6 Å². The summed E-state index contributed by atoms with van der Waals surface area (Å²) in [4.78, 5) is 12.0. The van der Waals surface area contributed by atoms with E-state index in [0.29, 0.717) is 10.8 Å². The molecule has 0 atom stereocenters. The van der Waals surface area contributed by atoms with E-state index in [1.165, 1.54) is 22.9 Å². The number of aromatic nitrogens is 3. The minimum absolute atomic E-state index is 0.0357. The van der Waals surface area contributed by atoms with Crippen LogP contribution < -0.4 is 16.6 Å². The van der Waals surface area contributed by atoms with Gasteiger partial charge < -0.3 is 11.2 Å². The van der Waals surface area contributed by atoms with Crippen LogP contribution in [0.1, 0.15) is 5.56 Å². The van der Waals surface area contributed by atoms with Gasteiger partial charge in [-0.2, -0.15) is 5.10 Å². The average Bonchev–Trinajstić information content (AvgIpc) is 3.02. The summed E-state index contributed by atoms with van der Waals surface area (Å²) in [5.41, 5.74) is 3.97. The maximum Gasteiger partial charge on any atom is 0.264 e. The van der Waals surface area contributed by atoms with Crippen LogP contribution in [0.5, 0.6) is 0 Å². The molecule has 8 nitrogen and oxygen atoms in total. The lowest BCUT2D eigenvalue weighted by Crippen LogP contribution is -2.17. The number of rotatable bonds is 7. The molecule has 3 rings (SSSR count). The van der Waals surface area contributed by atoms with E-state index in [0.717, 1.165) is 21.8 Å². The molecule has 1 aromatic heterocycles. The van der Waals surface area contributed by atoms with Gasteiger partial charge in [0, 0.05) is 10.2 Å². The van der Waals surface area contributed by atoms with Gasteiger partial charge in [-0.3, -0.25) is 4.79 Å². The van der Waals surface area contributed by atoms with Gasteiger partial charge in [-0.05, 0) is 35.9 Å². The molecule has 1 heterocycles. The van der Waals surface area contributed by atoms with E-state index in [4.69, 9.17) is 5.84 Å². The molecule has 144 valence electrons. The number of amides is 1. The number of carbonyl (C=O) groups is 1. The van der Waals surface area contributed by atoms with E-state index >= 15 is 0 Å². The van der Waals surface area contributed by atoms with Crippen LogP contribution in [0.3, 0.4) is 0 Å². The quantitative estimate of drug-likeness (QED) is 0.215. The third-order valence-corrected chi connectivity index (χ3v) is 4.83. The molecule has 0 unspecified atom stereocenters. The predicted octanol–water partition coefficient (Wildman–Crippen LogP) is 3.07. The van der Waals surface area contributed by atoms with Crippen LogP contribution in [0.4, 0.5) is 16.0 Å². The zero-order valence-electron chi connectivity index (χ0n) is 14.3. The molecular weight excluding hydrogens is 449 g/mol. The first-order chi connectivity index (χ1) is 13.5. The second-order valence-electron chi connectivity index (χ2n) is 5.44. The van der Waals surface area contributed by atoms with Crippen molar-refractivity contribution in [1.82, 2.24) is 14.9 Å². The summed E-state index contributed by atoms with van der Waals surface area (Å²) in [6.45, 7) is 0. The summed E-state index contributed by atoms with van der Waals surface area (Å²) in [6, 6.07) is 13.2. The molecule has 2 aromatic carbocycles. The van der Waals surface area contributed by atoms with Gasteiger partial charge in [0.2, 0.25) is 11.1 Å². The molecule has 0 spiro atoms. The van der Waals surface area contributed by atoms with Gasteiger partial charge in [-0.15, -0.1) is 10.2 Å². The second kappa shape index (κ2) is 9.33. The molecule has 0 bridgehead atoms. The maximum absolute atomic E-state index is 13.1. The molecule has 0 aliphatic heterocycles. The van der Waals surface area contributed by atoms with Gasteiger partial charge in [0.05, 0.1) is 12.0 Å². The molecule has 0 radical (unpaired) electrons. The molecule has 0 aliphatic carbocycles. The fourth-order valence-corrected chi connectivity index (χ4v) is 2.98. The number of nitrogens with two attached hydrogens (primary N) is 1. The number of nitrogen functional groups attached to an aromatic ring is 1. The lowest BCUT2D eigenvalue weighted by molar-refractivity contribution is -0.113. The van der Waals surface area contributed by atoms with Gasteiger partial charge in [0.25, 0.3) is 5.95 Å². The smallest absolute Gasteiger partial charge is 0.264 e. The highest BCUT2D eigenvalue weighted by atomic mass is 79.9. The van der Waals surface area contributed by atoms with Crippen molar-refractivity contribution in [2.24, 2.45) is 5.10 Å². The van der Waals surface area contributed by atoms with Crippen LogP contribution in [-0.2, 0) is 4.79 Å². The monoisotopic (exact) mass is 463 g/mol. The molecule has 4 N–H and O–H groups in total. The fourth-order valence-electron chi connectivity index (χ4n) is 2.06. The Bertz CT molecular complexity index is 993. The summed E-state index contributed by atoms with van der Waals surface area (Å²) in [5.74, 6) is 5.42. The topological polar surface area (TPSA) is 110 Å². The molecule has 0 fully saturated rings. The largest absolute Gasteiger partial charge is 0.334 e. The first kappa shape index (κ1) is 19.8. The highest BCUT2D eigenvalue weighted by Gasteiger charge is 2.12. The summed E-state index contributed by atoms with van der Waals surface area (Å²) in [6.07, 6.45) is 1.61. The summed E-state index contributed by atoms with van der Waals surface area (Å²) >= 11 is 4.46. The van der Waals surface area contributed by atoms with Crippen molar-refractivity contribution < 1.29 is 9.18 Å². The average molecular weight is 464 g/mol. The first-order valence-electron chi connectivity index (χ1n) is 7.94. The van der Waals surface area contributed by atoms with E-state index in [1.54, 1.807) is 12.3 Å². The summed E-state index contributed by atoms with van der Waals surface area (Å²) in [5, 5.41) is 14.8. The molecule has 0 saturated carbocycles. The Morgan fingerprint density at radius 1 is 1.29 bits per heavy atom. The maximum atomic E-state index is 13.1. The number of carbonyl (C=O) groups excluding carboxylic acids is 1. The third-order valence-electron chi connectivity index (χ3n) is 3.35. The van der Waals surface area contributed by atoms with Crippen LogP contribution in [-0.4, -0.2) is 32.7 Å². The predicted molar refractivity (Wildman–Crippen MR) is 111 cm³/mol. The van der Waals surface area contributed by atoms with Crippen molar-refractivity contribution in [3.63, 3.8) is 0 Å². The van der Waals surface area contributed by atoms with E-state index in [9.17, 15) is 9.18 Å². The SMILES string of the molecule is Nn1c(N/N=C/c2ccc(Br)cc2)nnc1SCC(=O)Nc1cccc(F)c1. The van der Waals surface area contributed by atoms with Crippen LogP contribution in [0, 0.1) is 5.82 Å². The van der Waals surface area contributed by atoms with E-state index in [2.05, 4.69) is 42.0 Å². The number of anilines is 2. The Morgan fingerprint density at radius 2 is 2.07 bits per heavy atom. The second-order valence-corrected chi connectivity index (χ2v) is 7.30. The first-order valence-corrected chi connectivity index (χ1v) is 9.72. The van der Waals surface area contributed by atoms with Gasteiger partial charge in [-0.1, -0.05) is 45.9 Å². The minimum Gasteiger partial charge on any atom is -0.334 e. The highest BCUT2D eigenvalue weighted by Crippen LogP contribution is 2.17. The number of thioether (sulfide) groups is 1. The van der Waals surface area contributed by atoms with Crippen molar-refractivity contribution in [2.75, 3.05) is 22.3 Å². The lowest BCUT2D eigenvalue weighted by atomic mass is 10.2. The Morgan fingerprint density at radius 3 is 2.82 bits per heavy atom. The Hall–Kier alpha value is -2.92. The van der Waals surface area contributed by atoms with Crippen LogP contribution in [0.2, 0.25) is 0 Å². The molecule has 0 saturated heterocycles. The Balaban J connectivity index is 1.52. The van der Waals surface area contributed by atoms with Crippen molar-refractivity contribution >= 4 is 51.4 Å². The number of halogens is 2. The molecule has 0 aliphatic rings. The molecule has 1 amide bonds. The minimum atomic E-state index is -0.424. The fraction of sp³-hybridized carbons (Fsp3) is 0.0588. The van der Waals surface area contributed by atoms with Crippen molar-refractivity contribution in [2.45, 2.75) is 5.16 Å². The van der Waals surface area contributed by atoms with Crippen molar-refractivity contribution in [1.29, 1.82) is 0 Å². The van der Waals surface area contributed by atoms with Crippen LogP contribution in [0.15, 0.2) is 63.3 Å². The number of hydrogen-bond donors (Lipinski definition) is 3. The van der Waals surface area contributed by atoms with Gasteiger partial charge in [0.15, 0.2) is 0 Å². The number of nitrogens with zero attached hydrogens (tertiary/aromatic N) is 4. The number of hydrogen-bond acceptors (Lipinski definition) is 7. The number of nitrogens with one attached hydrogen (secondary N) is 2. The van der Waals surface area contributed by atoms with Crippen molar-refractivity contribution in [3.8, 4) is 0 Å². The van der Waals surface area contributed by atoms with Crippen LogP contribution in [0.25, 0.3) is 0 Å². The van der Waals surface area contributed by atoms with Gasteiger partial charge in [-0.25, -0.2) is 14.5 Å². The van der Waals surface area contributed by atoms with E-state index < -0.39 is 5.82 Å². The van der Waals surface area contributed by atoms with Gasteiger partial charge >= 0.3 is 0 Å². The zero-order chi connectivity index (χ0) is 19.9. The Labute approximate surface area is 172 Å². The molecular formula is C17H15BrFN7OS. The zero-order valence-corrected chi connectivity index (χ0v) is 16.7. The molecule has 28 heavy (non-hydrogen) atoms.